The Morgan fingerprint density at radius 2 is 0.957 bits per heavy atom. The number of rotatable bonds is 4. The molecule has 0 fully saturated rings. The van der Waals surface area contributed by atoms with Crippen molar-refractivity contribution >= 4 is 0 Å². The summed E-state index contributed by atoms with van der Waals surface area (Å²) in [4.78, 5) is 0. The van der Waals surface area contributed by atoms with Gasteiger partial charge in [-0.1, -0.05) is 36.4 Å². The van der Waals surface area contributed by atoms with E-state index in [-0.39, 0.29) is 11.2 Å². The lowest BCUT2D eigenvalue weighted by Crippen LogP contribution is -2.34. The molecule has 23 heavy (non-hydrogen) atoms. The molecule has 0 atom stereocenters. The zero-order chi connectivity index (χ0) is 17.4. The van der Waals surface area contributed by atoms with E-state index in [1.165, 1.54) is 33.4 Å². The van der Waals surface area contributed by atoms with E-state index in [1.807, 2.05) is 0 Å². The molecule has 0 spiro atoms. The van der Waals surface area contributed by atoms with Crippen molar-refractivity contribution < 1.29 is 4.74 Å². The summed E-state index contributed by atoms with van der Waals surface area (Å²) < 4.78 is 6.67. The number of hydrogen-bond acceptors (Lipinski definition) is 1. The van der Waals surface area contributed by atoms with Crippen molar-refractivity contribution in [3.8, 4) is 0 Å². The van der Waals surface area contributed by atoms with Crippen LogP contribution in [0.15, 0.2) is 36.4 Å². The van der Waals surface area contributed by atoms with Crippen molar-refractivity contribution in [1.29, 1.82) is 0 Å². The van der Waals surface area contributed by atoms with Crippen LogP contribution in [0.5, 0.6) is 0 Å². The van der Waals surface area contributed by atoms with Gasteiger partial charge in [0.1, 0.15) is 0 Å². The number of hydrogen-bond donors (Lipinski definition) is 0. The van der Waals surface area contributed by atoms with Gasteiger partial charge in [-0.05, 0) is 88.8 Å². The van der Waals surface area contributed by atoms with E-state index in [0.717, 1.165) is 0 Å². The molecule has 0 saturated heterocycles. The Kier molecular flexibility index (Phi) is 4.73. The number of ether oxygens (including phenoxy) is 1. The number of aryl methyl sites for hydroxylation is 2. The van der Waals surface area contributed by atoms with Gasteiger partial charge < -0.3 is 4.74 Å². The molecule has 1 heteroatoms. The lowest BCUT2D eigenvalue weighted by atomic mass is 9.87. The molecule has 124 valence electrons. The topological polar surface area (TPSA) is 9.23 Å². The largest absolute Gasteiger partial charge is 0.360 e. The monoisotopic (exact) mass is 310 g/mol. The zero-order valence-corrected chi connectivity index (χ0v) is 15.9. The predicted octanol–water partition coefficient (Wildman–Crippen LogP) is 6.11. The fourth-order valence-corrected chi connectivity index (χ4v) is 3.55. The van der Waals surface area contributed by atoms with E-state index < -0.39 is 0 Å². The Morgan fingerprint density at radius 3 is 1.30 bits per heavy atom. The lowest BCUT2D eigenvalue weighted by molar-refractivity contribution is -0.132. The summed E-state index contributed by atoms with van der Waals surface area (Å²) in [5.41, 5.74) is 7.06. The van der Waals surface area contributed by atoms with E-state index in [1.54, 1.807) is 0 Å². The second-order valence-electron chi connectivity index (χ2n) is 7.62. The fraction of sp³-hybridized carbons (Fsp3) is 0.455. The van der Waals surface area contributed by atoms with Crippen LogP contribution in [0.3, 0.4) is 0 Å². The third-order valence-corrected chi connectivity index (χ3v) is 5.02. The Bertz CT molecular complexity index is 646. The van der Waals surface area contributed by atoms with Gasteiger partial charge in [0.15, 0.2) is 0 Å². The van der Waals surface area contributed by atoms with Crippen LogP contribution in [-0.2, 0) is 15.9 Å². The van der Waals surface area contributed by atoms with Gasteiger partial charge in [0.2, 0.25) is 0 Å². The molecule has 0 amide bonds. The standard InChI is InChI=1S/C22H30O/c1-15-11-9-13-19(17(15)3)21(5,6)23-22(7,8)20-14-10-12-16(2)18(20)4/h9-14H,1-8H3. The molecule has 0 aromatic heterocycles. The smallest absolute Gasteiger partial charge is 0.0889 e. The molecule has 0 radical (unpaired) electrons. The molecule has 0 saturated carbocycles. The number of benzene rings is 2. The van der Waals surface area contributed by atoms with Gasteiger partial charge in [0.25, 0.3) is 0 Å². The normalized spacial score (nSPS) is 12.5. The van der Waals surface area contributed by atoms with Crippen molar-refractivity contribution in [3.63, 3.8) is 0 Å². The summed E-state index contributed by atoms with van der Waals surface area (Å²) in [7, 11) is 0. The second-order valence-corrected chi connectivity index (χ2v) is 7.62. The molecule has 2 aromatic carbocycles. The SMILES string of the molecule is Cc1cccc(C(C)(C)OC(C)(C)c2cccc(C)c2C)c1C. The van der Waals surface area contributed by atoms with Crippen LogP contribution in [0.1, 0.15) is 61.1 Å². The highest BCUT2D eigenvalue weighted by atomic mass is 16.5. The summed E-state index contributed by atoms with van der Waals surface area (Å²) in [6, 6.07) is 12.9. The quantitative estimate of drug-likeness (QED) is 0.662. The fourth-order valence-electron chi connectivity index (χ4n) is 3.55. The van der Waals surface area contributed by atoms with E-state index in [0.29, 0.717) is 0 Å². The maximum Gasteiger partial charge on any atom is 0.0889 e. The Morgan fingerprint density at radius 1 is 0.609 bits per heavy atom. The highest BCUT2D eigenvalue weighted by Gasteiger charge is 2.34. The summed E-state index contributed by atoms with van der Waals surface area (Å²) in [6.07, 6.45) is 0. The van der Waals surface area contributed by atoms with Crippen LogP contribution in [-0.4, -0.2) is 0 Å². The summed E-state index contributed by atoms with van der Waals surface area (Å²) in [6.45, 7) is 17.4. The molecule has 2 aromatic rings. The van der Waals surface area contributed by atoms with Crippen LogP contribution < -0.4 is 0 Å². The molecular formula is C22H30O. The summed E-state index contributed by atoms with van der Waals surface area (Å²) in [5.74, 6) is 0. The van der Waals surface area contributed by atoms with Crippen molar-refractivity contribution in [2.45, 2.75) is 66.6 Å². The van der Waals surface area contributed by atoms with Gasteiger partial charge in [0, 0.05) is 0 Å². The first kappa shape index (κ1) is 17.7. The van der Waals surface area contributed by atoms with Gasteiger partial charge in [0.05, 0.1) is 11.2 Å². The average Bonchev–Trinajstić information content (AvgIpc) is 2.43. The van der Waals surface area contributed by atoms with Crippen molar-refractivity contribution in [1.82, 2.24) is 0 Å². The molecule has 0 unspecified atom stereocenters. The predicted molar refractivity (Wildman–Crippen MR) is 99.0 cm³/mol. The highest BCUT2D eigenvalue weighted by Crippen LogP contribution is 2.38. The molecule has 0 bridgehead atoms. The molecular weight excluding hydrogens is 280 g/mol. The van der Waals surface area contributed by atoms with Gasteiger partial charge >= 0.3 is 0 Å². The molecule has 0 heterocycles. The highest BCUT2D eigenvalue weighted by molar-refractivity contribution is 5.39. The maximum absolute atomic E-state index is 6.67. The first-order valence-corrected chi connectivity index (χ1v) is 8.40. The van der Waals surface area contributed by atoms with Gasteiger partial charge in [-0.2, -0.15) is 0 Å². The molecule has 0 aliphatic rings. The van der Waals surface area contributed by atoms with Crippen molar-refractivity contribution in [2.24, 2.45) is 0 Å². The first-order valence-electron chi connectivity index (χ1n) is 8.40. The van der Waals surface area contributed by atoms with Crippen LogP contribution >= 0.6 is 0 Å². The first-order chi connectivity index (χ1) is 10.6. The van der Waals surface area contributed by atoms with E-state index in [2.05, 4.69) is 91.8 Å². The van der Waals surface area contributed by atoms with Gasteiger partial charge in [-0.15, -0.1) is 0 Å². The third kappa shape index (κ3) is 3.50. The van der Waals surface area contributed by atoms with Crippen molar-refractivity contribution in [3.05, 3.63) is 69.8 Å². The lowest BCUT2D eigenvalue weighted by Gasteiger charge is -2.38. The maximum atomic E-state index is 6.67. The van der Waals surface area contributed by atoms with Crippen LogP contribution in [0.25, 0.3) is 0 Å². The van der Waals surface area contributed by atoms with Gasteiger partial charge in [-0.25, -0.2) is 0 Å². The Hall–Kier alpha value is -1.60. The van der Waals surface area contributed by atoms with E-state index >= 15 is 0 Å². The Balaban J connectivity index is 2.42. The third-order valence-electron chi connectivity index (χ3n) is 5.02. The molecule has 0 N–H and O–H groups in total. The molecule has 0 aliphatic heterocycles. The van der Waals surface area contributed by atoms with Gasteiger partial charge in [-0.3, -0.25) is 0 Å². The zero-order valence-electron chi connectivity index (χ0n) is 15.9. The van der Waals surface area contributed by atoms with Crippen LogP contribution in [0.4, 0.5) is 0 Å². The van der Waals surface area contributed by atoms with E-state index in [4.69, 9.17) is 4.74 Å². The Labute approximate surface area is 141 Å². The van der Waals surface area contributed by atoms with Crippen LogP contribution in [0.2, 0.25) is 0 Å². The summed E-state index contributed by atoms with van der Waals surface area (Å²) in [5, 5.41) is 0. The van der Waals surface area contributed by atoms with Crippen LogP contribution in [0, 0.1) is 27.7 Å². The van der Waals surface area contributed by atoms with E-state index in [9.17, 15) is 0 Å². The molecule has 1 nitrogen and oxygen atoms in total. The minimum atomic E-state index is -0.351. The minimum absolute atomic E-state index is 0.351. The molecule has 0 aliphatic carbocycles. The average molecular weight is 310 g/mol. The summed E-state index contributed by atoms with van der Waals surface area (Å²) >= 11 is 0. The minimum Gasteiger partial charge on any atom is -0.360 e. The van der Waals surface area contributed by atoms with Crippen molar-refractivity contribution in [2.75, 3.05) is 0 Å². The second kappa shape index (κ2) is 6.13. The molecule has 2 rings (SSSR count).